The first-order valence-corrected chi connectivity index (χ1v) is 7.52. The largest absolute Gasteiger partial charge is 0.378 e. The quantitative estimate of drug-likeness (QED) is 0.656. The number of hydrogen-bond donors (Lipinski definition) is 1. The van der Waals surface area contributed by atoms with Crippen LogP contribution in [0.1, 0.15) is 39.5 Å². The van der Waals surface area contributed by atoms with E-state index in [1.165, 1.54) is 6.20 Å². The Hall–Kier alpha value is -1.96. The van der Waals surface area contributed by atoms with Gasteiger partial charge in [0.25, 0.3) is 0 Å². The summed E-state index contributed by atoms with van der Waals surface area (Å²) in [7, 11) is 0. The molecule has 8 heteroatoms. The number of nitrogens with two attached hydrogens (primary N) is 1. The van der Waals surface area contributed by atoms with Crippen molar-refractivity contribution >= 4 is 17.5 Å². The van der Waals surface area contributed by atoms with Crippen LogP contribution in [0.3, 0.4) is 0 Å². The van der Waals surface area contributed by atoms with Gasteiger partial charge in [0.2, 0.25) is 11.8 Å². The van der Waals surface area contributed by atoms with Gasteiger partial charge in [-0.05, 0) is 26.7 Å². The Morgan fingerprint density at radius 2 is 2.05 bits per heavy atom. The standard InChI is InChI=1S/C14H21N5O3/c1-13(2)8-18(9-14(22-13)5-3-4-6-14)12-16-7-10(19(20)21)11(15)17-12/h7H,3-6,8-9H2,1-2H3,(H2,15,16,17). The molecule has 3 rings (SSSR count). The van der Waals surface area contributed by atoms with E-state index in [4.69, 9.17) is 10.5 Å². The van der Waals surface area contributed by atoms with E-state index in [2.05, 4.69) is 9.97 Å². The first-order valence-electron chi connectivity index (χ1n) is 7.52. The zero-order chi connectivity index (χ0) is 16.0. The molecule has 0 radical (unpaired) electrons. The maximum atomic E-state index is 10.8. The van der Waals surface area contributed by atoms with Gasteiger partial charge in [-0.2, -0.15) is 4.98 Å². The Morgan fingerprint density at radius 3 is 2.64 bits per heavy atom. The fraction of sp³-hybridized carbons (Fsp3) is 0.714. The Morgan fingerprint density at radius 1 is 1.36 bits per heavy atom. The molecule has 0 amide bonds. The fourth-order valence-electron chi connectivity index (χ4n) is 3.61. The molecular weight excluding hydrogens is 286 g/mol. The molecule has 2 fully saturated rings. The molecule has 1 aromatic rings. The molecule has 1 aromatic heterocycles. The van der Waals surface area contributed by atoms with E-state index >= 15 is 0 Å². The average molecular weight is 307 g/mol. The van der Waals surface area contributed by atoms with E-state index in [0.717, 1.165) is 25.7 Å². The van der Waals surface area contributed by atoms with E-state index in [1.54, 1.807) is 0 Å². The highest BCUT2D eigenvalue weighted by Crippen LogP contribution is 2.41. The summed E-state index contributed by atoms with van der Waals surface area (Å²) in [6.45, 7) is 5.43. The minimum Gasteiger partial charge on any atom is -0.378 e. The third-order valence-electron chi connectivity index (χ3n) is 4.32. The Labute approximate surface area is 128 Å². The molecule has 2 aliphatic rings. The first kappa shape index (κ1) is 15.0. The highest BCUT2D eigenvalue weighted by atomic mass is 16.6. The molecular formula is C14H21N5O3. The van der Waals surface area contributed by atoms with Gasteiger partial charge < -0.3 is 15.4 Å². The van der Waals surface area contributed by atoms with E-state index in [9.17, 15) is 10.1 Å². The van der Waals surface area contributed by atoms with E-state index < -0.39 is 4.92 Å². The third-order valence-corrected chi connectivity index (χ3v) is 4.32. The second kappa shape index (κ2) is 5.05. The van der Waals surface area contributed by atoms with Crippen molar-refractivity contribution in [2.24, 2.45) is 0 Å². The van der Waals surface area contributed by atoms with Gasteiger partial charge >= 0.3 is 5.69 Å². The molecule has 120 valence electrons. The number of hydrogen-bond acceptors (Lipinski definition) is 7. The van der Waals surface area contributed by atoms with Gasteiger partial charge in [0.1, 0.15) is 6.20 Å². The van der Waals surface area contributed by atoms with Crippen LogP contribution in [0.25, 0.3) is 0 Å². The summed E-state index contributed by atoms with van der Waals surface area (Å²) in [6.07, 6.45) is 5.55. The average Bonchev–Trinajstić information content (AvgIpc) is 2.83. The Bertz CT molecular complexity index is 598. The van der Waals surface area contributed by atoms with Crippen LogP contribution >= 0.6 is 0 Å². The predicted octanol–water partition coefficient (Wildman–Crippen LogP) is 1.89. The molecule has 8 nitrogen and oxygen atoms in total. The van der Waals surface area contributed by atoms with Gasteiger partial charge in [0, 0.05) is 6.54 Å². The number of aromatic nitrogens is 2. The number of ether oxygens (including phenoxy) is 1. The number of nitro groups is 1. The summed E-state index contributed by atoms with van der Waals surface area (Å²) < 4.78 is 6.33. The molecule has 1 spiro atoms. The molecule has 22 heavy (non-hydrogen) atoms. The molecule has 0 atom stereocenters. The van der Waals surface area contributed by atoms with Gasteiger partial charge in [-0.3, -0.25) is 10.1 Å². The van der Waals surface area contributed by atoms with E-state index in [-0.39, 0.29) is 22.7 Å². The monoisotopic (exact) mass is 307 g/mol. The zero-order valence-corrected chi connectivity index (χ0v) is 12.9. The van der Waals surface area contributed by atoms with Crippen LogP contribution in [-0.4, -0.2) is 39.2 Å². The summed E-state index contributed by atoms with van der Waals surface area (Å²) in [5, 5.41) is 10.8. The Balaban J connectivity index is 1.90. The molecule has 2 heterocycles. The lowest BCUT2D eigenvalue weighted by Gasteiger charge is -2.48. The number of nitrogens with zero attached hydrogens (tertiary/aromatic N) is 4. The number of anilines is 2. The van der Waals surface area contributed by atoms with Crippen molar-refractivity contribution in [3.8, 4) is 0 Å². The molecule has 1 aliphatic carbocycles. The summed E-state index contributed by atoms with van der Waals surface area (Å²) in [5.41, 5.74) is 4.95. The van der Waals surface area contributed by atoms with Crippen LogP contribution in [0.2, 0.25) is 0 Å². The first-order chi connectivity index (χ1) is 10.3. The highest BCUT2D eigenvalue weighted by molar-refractivity contribution is 5.54. The van der Waals surface area contributed by atoms with Gasteiger partial charge in [-0.1, -0.05) is 12.8 Å². The lowest BCUT2D eigenvalue weighted by molar-refractivity contribution is -0.384. The van der Waals surface area contributed by atoms with E-state index in [0.29, 0.717) is 19.0 Å². The van der Waals surface area contributed by atoms with Crippen LogP contribution in [0.15, 0.2) is 6.20 Å². The minimum atomic E-state index is -0.569. The topological polar surface area (TPSA) is 107 Å². The molecule has 2 N–H and O–H groups in total. The van der Waals surface area contributed by atoms with Crippen molar-refractivity contribution in [1.29, 1.82) is 0 Å². The van der Waals surface area contributed by atoms with Crippen LogP contribution in [0.4, 0.5) is 17.5 Å². The van der Waals surface area contributed by atoms with Crippen molar-refractivity contribution in [1.82, 2.24) is 9.97 Å². The minimum absolute atomic E-state index is 0.0974. The molecule has 0 bridgehead atoms. The van der Waals surface area contributed by atoms with Crippen LogP contribution < -0.4 is 10.6 Å². The molecule has 1 saturated carbocycles. The van der Waals surface area contributed by atoms with Crippen LogP contribution in [-0.2, 0) is 4.74 Å². The second-order valence-electron chi connectivity index (χ2n) is 6.81. The van der Waals surface area contributed by atoms with Gasteiger partial charge in [-0.15, -0.1) is 0 Å². The van der Waals surface area contributed by atoms with Crippen molar-refractivity contribution in [2.45, 2.75) is 50.7 Å². The maximum Gasteiger partial charge on any atom is 0.329 e. The summed E-state index contributed by atoms with van der Waals surface area (Å²) >= 11 is 0. The van der Waals surface area contributed by atoms with Gasteiger partial charge in [0.15, 0.2) is 0 Å². The SMILES string of the molecule is CC1(C)CN(c2ncc([N+](=O)[O-])c(N)n2)CC2(CCCC2)O1. The van der Waals surface area contributed by atoms with Crippen molar-refractivity contribution in [3.05, 3.63) is 16.3 Å². The Kier molecular flexibility index (Phi) is 3.43. The lowest BCUT2D eigenvalue weighted by atomic mass is 9.94. The van der Waals surface area contributed by atoms with Crippen LogP contribution in [0.5, 0.6) is 0 Å². The molecule has 1 saturated heterocycles. The van der Waals surface area contributed by atoms with E-state index in [1.807, 2.05) is 18.7 Å². The van der Waals surface area contributed by atoms with Crippen molar-refractivity contribution in [2.75, 3.05) is 23.7 Å². The van der Waals surface area contributed by atoms with Crippen molar-refractivity contribution in [3.63, 3.8) is 0 Å². The number of morpholine rings is 1. The third kappa shape index (κ3) is 2.70. The predicted molar refractivity (Wildman–Crippen MR) is 81.7 cm³/mol. The molecule has 0 aromatic carbocycles. The van der Waals surface area contributed by atoms with Gasteiger partial charge in [-0.25, -0.2) is 4.98 Å². The number of nitrogen functional groups attached to an aromatic ring is 1. The van der Waals surface area contributed by atoms with Crippen LogP contribution in [0, 0.1) is 10.1 Å². The molecule has 1 aliphatic heterocycles. The lowest BCUT2D eigenvalue weighted by Crippen LogP contribution is -2.59. The summed E-state index contributed by atoms with van der Waals surface area (Å²) in [4.78, 5) is 20.6. The van der Waals surface area contributed by atoms with Gasteiger partial charge in [0.05, 0.1) is 22.7 Å². The normalized spacial score (nSPS) is 22.9. The smallest absolute Gasteiger partial charge is 0.329 e. The number of rotatable bonds is 2. The second-order valence-corrected chi connectivity index (χ2v) is 6.81. The zero-order valence-electron chi connectivity index (χ0n) is 12.9. The van der Waals surface area contributed by atoms with Crippen molar-refractivity contribution < 1.29 is 9.66 Å². The maximum absolute atomic E-state index is 10.8. The summed E-state index contributed by atoms with van der Waals surface area (Å²) in [5.74, 6) is 0.338. The molecule has 0 unspecified atom stereocenters. The highest BCUT2D eigenvalue weighted by Gasteiger charge is 2.46. The summed E-state index contributed by atoms with van der Waals surface area (Å²) in [6, 6.07) is 0. The fourth-order valence-corrected chi connectivity index (χ4v) is 3.61.